The molecule has 0 aliphatic heterocycles. The Labute approximate surface area is 138 Å². The summed E-state index contributed by atoms with van der Waals surface area (Å²) in [7, 11) is 0. The summed E-state index contributed by atoms with van der Waals surface area (Å²) in [5, 5.41) is 6.39. The number of amides is 1. The Morgan fingerprint density at radius 3 is 2.52 bits per heavy atom. The van der Waals surface area contributed by atoms with Gasteiger partial charge >= 0.3 is 0 Å². The van der Waals surface area contributed by atoms with Gasteiger partial charge in [0.1, 0.15) is 11.5 Å². The predicted octanol–water partition coefficient (Wildman–Crippen LogP) is 4.27. The maximum Gasteiger partial charge on any atom is 0.225 e. The second-order valence-electron chi connectivity index (χ2n) is 6.24. The number of carbonyl (C=O) groups excluding carboxylic acids is 1. The lowest BCUT2D eigenvalue weighted by Crippen LogP contribution is -2.32. The molecule has 0 saturated heterocycles. The lowest BCUT2D eigenvalue weighted by Gasteiger charge is -2.19. The molecule has 4 nitrogen and oxygen atoms in total. The Morgan fingerprint density at radius 2 is 1.87 bits per heavy atom. The summed E-state index contributed by atoms with van der Waals surface area (Å²) in [4.78, 5) is 12.2. The highest BCUT2D eigenvalue weighted by atomic mass is 16.3. The van der Waals surface area contributed by atoms with Crippen LogP contribution in [0.5, 0.6) is 0 Å². The van der Waals surface area contributed by atoms with Crippen LogP contribution in [0.3, 0.4) is 0 Å². The second kappa shape index (κ2) is 7.47. The van der Waals surface area contributed by atoms with E-state index in [2.05, 4.69) is 10.6 Å². The smallest absolute Gasteiger partial charge is 0.225 e. The number of hydrogen-bond acceptors (Lipinski definition) is 3. The van der Waals surface area contributed by atoms with Crippen LogP contribution >= 0.6 is 0 Å². The van der Waals surface area contributed by atoms with Crippen molar-refractivity contribution in [3.8, 4) is 0 Å². The van der Waals surface area contributed by atoms with E-state index in [1.807, 2.05) is 65.0 Å². The van der Waals surface area contributed by atoms with Gasteiger partial charge in [0, 0.05) is 18.2 Å². The SMILES string of the molecule is Cc1ccc(C(C)NC(C)CC(=O)Nc2cccc(C)c2C)o1. The first-order chi connectivity index (χ1) is 10.9. The lowest BCUT2D eigenvalue weighted by molar-refractivity contribution is -0.116. The van der Waals surface area contributed by atoms with E-state index in [1.165, 1.54) is 5.56 Å². The molecule has 2 rings (SSSR count). The summed E-state index contributed by atoms with van der Waals surface area (Å²) >= 11 is 0. The molecule has 1 amide bonds. The van der Waals surface area contributed by atoms with Crippen LogP contribution in [0.1, 0.15) is 49.0 Å². The first-order valence-electron chi connectivity index (χ1n) is 8.05. The van der Waals surface area contributed by atoms with Crippen molar-refractivity contribution in [2.45, 2.75) is 53.1 Å². The standard InChI is InChI=1S/C19H26N2O2/c1-12-7-6-8-17(15(12)4)21-19(22)11-13(2)20-16(5)18-10-9-14(3)23-18/h6-10,13,16,20H,11H2,1-5H3,(H,21,22). The molecule has 23 heavy (non-hydrogen) atoms. The van der Waals surface area contributed by atoms with E-state index >= 15 is 0 Å². The average Bonchev–Trinajstić information content (AvgIpc) is 2.90. The fourth-order valence-electron chi connectivity index (χ4n) is 2.62. The Kier molecular flexibility index (Phi) is 5.61. The van der Waals surface area contributed by atoms with Crippen molar-refractivity contribution >= 4 is 11.6 Å². The van der Waals surface area contributed by atoms with Gasteiger partial charge in [-0.3, -0.25) is 4.79 Å². The minimum atomic E-state index is 0.0153. The fourth-order valence-corrected chi connectivity index (χ4v) is 2.62. The van der Waals surface area contributed by atoms with E-state index in [4.69, 9.17) is 4.42 Å². The van der Waals surface area contributed by atoms with Crippen molar-refractivity contribution in [3.63, 3.8) is 0 Å². The highest BCUT2D eigenvalue weighted by molar-refractivity contribution is 5.92. The third-order valence-electron chi connectivity index (χ3n) is 4.09. The van der Waals surface area contributed by atoms with E-state index in [9.17, 15) is 4.79 Å². The minimum absolute atomic E-state index is 0.0153. The molecule has 2 aromatic rings. The fraction of sp³-hybridized carbons (Fsp3) is 0.421. The second-order valence-corrected chi connectivity index (χ2v) is 6.24. The van der Waals surface area contributed by atoms with Crippen LogP contribution in [0.25, 0.3) is 0 Å². The molecule has 124 valence electrons. The van der Waals surface area contributed by atoms with Crippen LogP contribution in [0, 0.1) is 20.8 Å². The van der Waals surface area contributed by atoms with E-state index in [1.54, 1.807) is 0 Å². The molecule has 0 saturated carbocycles. The number of carbonyl (C=O) groups is 1. The molecule has 0 radical (unpaired) electrons. The topological polar surface area (TPSA) is 54.3 Å². The van der Waals surface area contributed by atoms with Crippen LogP contribution in [0.2, 0.25) is 0 Å². The van der Waals surface area contributed by atoms with Gasteiger partial charge in [0.25, 0.3) is 0 Å². The molecule has 2 N–H and O–H groups in total. The largest absolute Gasteiger partial charge is 0.465 e. The van der Waals surface area contributed by atoms with E-state index in [-0.39, 0.29) is 18.0 Å². The highest BCUT2D eigenvalue weighted by Crippen LogP contribution is 2.19. The molecule has 2 unspecified atom stereocenters. The Morgan fingerprint density at radius 1 is 1.13 bits per heavy atom. The number of furan rings is 1. The van der Waals surface area contributed by atoms with Crippen molar-refractivity contribution in [2.24, 2.45) is 0 Å². The molecular weight excluding hydrogens is 288 g/mol. The normalized spacial score (nSPS) is 13.6. The summed E-state index contributed by atoms with van der Waals surface area (Å²) in [5.74, 6) is 1.81. The summed E-state index contributed by atoms with van der Waals surface area (Å²) < 4.78 is 5.61. The third-order valence-corrected chi connectivity index (χ3v) is 4.09. The summed E-state index contributed by atoms with van der Waals surface area (Å²) in [5.41, 5.74) is 3.17. The molecule has 4 heteroatoms. The van der Waals surface area contributed by atoms with E-state index in [0.29, 0.717) is 6.42 Å². The molecule has 0 fully saturated rings. The molecule has 1 aromatic heterocycles. The summed E-state index contributed by atoms with van der Waals surface area (Å²) in [6, 6.07) is 9.99. The predicted molar refractivity (Wildman–Crippen MR) is 93.6 cm³/mol. The minimum Gasteiger partial charge on any atom is -0.465 e. The van der Waals surface area contributed by atoms with Gasteiger partial charge in [-0.05, 0) is 63.9 Å². The van der Waals surface area contributed by atoms with Crippen LogP contribution in [-0.4, -0.2) is 11.9 Å². The van der Waals surface area contributed by atoms with Crippen molar-refractivity contribution in [2.75, 3.05) is 5.32 Å². The quantitative estimate of drug-likeness (QED) is 0.837. The van der Waals surface area contributed by atoms with Gasteiger partial charge in [0.05, 0.1) is 6.04 Å². The van der Waals surface area contributed by atoms with Gasteiger partial charge in [0.2, 0.25) is 5.91 Å². The number of aryl methyl sites for hydroxylation is 2. The van der Waals surface area contributed by atoms with Crippen molar-refractivity contribution in [3.05, 3.63) is 53.0 Å². The molecular formula is C19H26N2O2. The third kappa shape index (κ3) is 4.70. The zero-order valence-electron chi connectivity index (χ0n) is 14.6. The van der Waals surface area contributed by atoms with Gasteiger partial charge in [-0.25, -0.2) is 0 Å². The molecule has 0 aliphatic rings. The number of rotatable bonds is 6. The maximum absolute atomic E-state index is 12.2. The first kappa shape index (κ1) is 17.3. The summed E-state index contributed by atoms with van der Waals surface area (Å²) in [6.45, 7) is 10.0. The van der Waals surface area contributed by atoms with Gasteiger partial charge in [-0.2, -0.15) is 0 Å². The Hall–Kier alpha value is -2.07. The highest BCUT2D eigenvalue weighted by Gasteiger charge is 2.15. The zero-order chi connectivity index (χ0) is 17.0. The van der Waals surface area contributed by atoms with E-state index in [0.717, 1.165) is 22.8 Å². The Balaban J connectivity index is 1.88. The van der Waals surface area contributed by atoms with Crippen LogP contribution in [0.4, 0.5) is 5.69 Å². The van der Waals surface area contributed by atoms with Crippen LogP contribution < -0.4 is 10.6 Å². The van der Waals surface area contributed by atoms with Gasteiger partial charge in [-0.1, -0.05) is 12.1 Å². The first-order valence-corrected chi connectivity index (χ1v) is 8.05. The van der Waals surface area contributed by atoms with Gasteiger partial charge in [0.15, 0.2) is 0 Å². The molecule has 1 heterocycles. The maximum atomic E-state index is 12.2. The number of nitrogens with one attached hydrogen (secondary N) is 2. The lowest BCUT2D eigenvalue weighted by atomic mass is 10.1. The number of benzene rings is 1. The molecule has 0 aliphatic carbocycles. The van der Waals surface area contributed by atoms with Gasteiger partial charge < -0.3 is 15.1 Å². The Bertz CT molecular complexity index is 676. The van der Waals surface area contributed by atoms with Gasteiger partial charge in [-0.15, -0.1) is 0 Å². The molecule has 1 aromatic carbocycles. The number of hydrogen-bond donors (Lipinski definition) is 2. The van der Waals surface area contributed by atoms with Crippen molar-refractivity contribution in [1.82, 2.24) is 5.32 Å². The van der Waals surface area contributed by atoms with E-state index < -0.39 is 0 Å². The molecule has 0 bridgehead atoms. The monoisotopic (exact) mass is 314 g/mol. The van der Waals surface area contributed by atoms with Crippen LogP contribution in [-0.2, 0) is 4.79 Å². The zero-order valence-corrected chi connectivity index (χ0v) is 14.6. The molecule has 0 spiro atoms. The molecule has 2 atom stereocenters. The number of anilines is 1. The van der Waals surface area contributed by atoms with Crippen molar-refractivity contribution < 1.29 is 9.21 Å². The average molecular weight is 314 g/mol. The summed E-state index contributed by atoms with van der Waals surface area (Å²) in [6.07, 6.45) is 0.414. The van der Waals surface area contributed by atoms with Crippen molar-refractivity contribution in [1.29, 1.82) is 0 Å². The van der Waals surface area contributed by atoms with Crippen LogP contribution in [0.15, 0.2) is 34.7 Å².